The normalized spacial score (nSPS) is 18.5. The van der Waals surface area contributed by atoms with Gasteiger partial charge in [-0.05, 0) is 49.2 Å². The summed E-state index contributed by atoms with van der Waals surface area (Å²) in [5.41, 5.74) is 2.20. The fraction of sp³-hybridized carbons (Fsp3) is 0.400. The van der Waals surface area contributed by atoms with E-state index in [4.69, 9.17) is 0 Å². The molecule has 0 bridgehead atoms. The third-order valence-corrected chi connectivity index (χ3v) is 5.25. The zero-order chi connectivity index (χ0) is 16.1. The lowest BCUT2D eigenvalue weighted by Gasteiger charge is -2.33. The molecule has 2 aromatic rings. The van der Waals surface area contributed by atoms with Gasteiger partial charge < -0.3 is 10.0 Å². The van der Waals surface area contributed by atoms with Crippen LogP contribution in [0.4, 0.5) is 0 Å². The second-order valence-corrected chi connectivity index (χ2v) is 7.29. The minimum absolute atomic E-state index is 0.107. The van der Waals surface area contributed by atoms with E-state index in [0.717, 1.165) is 29.7 Å². The lowest BCUT2D eigenvalue weighted by molar-refractivity contribution is 0.109. The van der Waals surface area contributed by atoms with Crippen LogP contribution in [0.5, 0.6) is 0 Å². The number of benzene rings is 2. The zero-order valence-corrected chi connectivity index (χ0v) is 15.0. The first-order valence-corrected chi connectivity index (χ1v) is 9.24. The number of hydrogen-bond donors (Lipinski definition) is 1. The van der Waals surface area contributed by atoms with Crippen molar-refractivity contribution in [1.82, 2.24) is 4.90 Å². The van der Waals surface area contributed by atoms with E-state index >= 15 is 0 Å². The Morgan fingerprint density at radius 3 is 2.17 bits per heavy atom. The molecule has 0 radical (unpaired) electrons. The Kier molecular flexibility index (Phi) is 5.87. The number of nitrogens with zero attached hydrogens (tertiary/aromatic N) is 1. The molecule has 1 saturated heterocycles. The van der Waals surface area contributed by atoms with E-state index in [2.05, 4.69) is 45.1 Å². The molecule has 2 unspecified atom stereocenters. The third kappa shape index (κ3) is 4.43. The van der Waals surface area contributed by atoms with Gasteiger partial charge in [-0.1, -0.05) is 64.8 Å². The van der Waals surface area contributed by atoms with Crippen LogP contribution < -0.4 is 0 Å². The number of piperidine rings is 1. The van der Waals surface area contributed by atoms with Crippen molar-refractivity contribution < 1.29 is 5.11 Å². The highest BCUT2D eigenvalue weighted by Gasteiger charge is 2.25. The Bertz CT molecular complexity index is 593. The number of aliphatic hydroxyl groups is 1. The van der Waals surface area contributed by atoms with Gasteiger partial charge in [0.1, 0.15) is 0 Å². The van der Waals surface area contributed by atoms with Crippen molar-refractivity contribution >= 4 is 15.9 Å². The summed E-state index contributed by atoms with van der Waals surface area (Å²) in [6.07, 6.45) is 3.40. The Hall–Kier alpha value is -1.16. The van der Waals surface area contributed by atoms with Gasteiger partial charge in [-0.3, -0.25) is 0 Å². The Morgan fingerprint density at radius 2 is 1.52 bits per heavy atom. The molecule has 1 N–H and O–H groups in total. The van der Waals surface area contributed by atoms with E-state index in [1.54, 1.807) is 0 Å². The van der Waals surface area contributed by atoms with Crippen LogP contribution in [0.2, 0.25) is 0 Å². The Balaban J connectivity index is 1.83. The molecule has 1 heterocycles. The first-order chi connectivity index (χ1) is 11.2. The molecule has 0 aromatic heterocycles. The van der Waals surface area contributed by atoms with E-state index in [9.17, 15) is 5.11 Å². The first-order valence-electron chi connectivity index (χ1n) is 8.45. The third-order valence-electron chi connectivity index (χ3n) is 4.72. The zero-order valence-electron chi connectivity index (χ0n) is 13.4. The molecule has 0 amide bonds. The topological polar surface area (TPSA) is 23.5 Å². The predicted molar refractivity (Wildman–Crippen MR) is 98.6 cm³/mol. The Morgan fingerprint density at radius 1 is 0.870 bits per heavy atom. The van der Waals surface area contributed by atoms with E-state index in [-0.39, 0.29) is 5.92 Å². The predicted octanol–water partition coefficient (Wildman–Crippen LogP) is 4.75. The number of likely N-dealkylation sites (tertiary alicyclic amines) is 1. The Labute approximate surface area is 147 Å². The molecule has 0 spiro atoms. The van der Waals surface area contributed by atoms with Crippen LogP contribution in [0, 0.1) is 0 Å². The van der Waals surface area contributed by atoms with Gasteiger partial charge in [0, 0.05) is 16.9 Å². The maximum absolute atomic E-state index is 11.0. The molecule has 3 heteroatoms. The molecule has 0 aliphatic carbocycles. The summed E-state index contributed by atoms with van der Waals surface area (Å²) < 4.78 is 1.04. The summed E-state index contributed by atoms with van der Waals surface area (Å²) in [5.74, 6) is 0.107. The fourth-order valence-electron chi connectivity index (χ4n) is 3.40. The first kappa shape index (κ1) is 16.7. The minimum Gasteiger partial charge on any atom is -0.388 e. The van der Waals surface area contributed by atoms with Crippen LogP contribution >= 0.6 is 15.9 Å². The van der Waals surface area contributed by atoms with Crippen molar-refractivity contribution in [2.75, 3.05) is 19.6 Å². The van der Waals surface area contributed by atoms with Crippen molar-refractivity contribution in [2.24, 2.45) is 0 Å². The summed E-state index contributed by atoms with van der Waals surface area (Å²) in [7, 11) is 0. The van der Waals surface area contributed by atoms with E-state index in [1.807, 2.05) is 30.3 Å². The van der Waals surface area contributed by atoms with Gasteiger partial charge in [-0.15, -0.1) is 0 Å². The van der Waals surface area contributed by atoms with Crippen LogP contribution in [0.25, 0.3) is 0 Å². The molecule has 2 aromatic carbocycles. The van der Waals surface area contributed by atoms with Gasteiger partial charge >= 0.3 is 0 Å². The highest BCUT2D eigenvalue weighted by Crippen LogP contribution is 2.33. The monoisotopic (exact) mass is 373 g/mol. The van der Waals surface area contributed by atoms with Crippen LogP contribution in [0.3, 0.4) is 0 Å². The lowest BCUT2D eigenvalue weighted by atomic mass is 9.88. The molecule has 1 fully saturated rings. The fourth-order valence-corrected chi connectivity index (χ4v) is 3.66. The summed E-state index contributed by atoms with van der Waals surface area (Å²) in [6.45, 7) is 3.22. The number of halogens is 1. The van der Waals surface area contributed by atoms with Crippen LogP contribution in [-0.4, -0.2) is 29.6 Å². The van der Waals surface area contributed by atoms with Crippen LogP contribution in [-0.2, 0) is 0 Å². The van der Waals surface area contributed by atoms with Crippen molar-refractivity contribution in [3.05, 3.63) is 70.2 Å². The lowest BCUT2D eigenvalue weighted by Crippen LogP contribution is -2.35. The molecule has 122 valence electrons. The average molecular weight is 374 g/mol. The SMILES string of the molecule is OC(c1ccc(Br)cc1)C(CN1CCCCC1)c1ccccc1. The summed E-state index contributed by atoms with van der Waals surface area (Å²) in [6, 6.07) is 18.5. The molecule has 1 aliphatic heterocycles. The molecule has 2 nitrogen and oxygen atoms in total. The van der Waals surface area contributed by atoms with Crippen molar-refractivity contribution in [2.45, 2.75) is 31.3 Å². The minimum atomic E-state index is -0.479. The summed E-state index contributed by atoms with van der Waals surface area (Å²) >= 11 is 3.47. The molecule has 23 heavy (non-hydrogen) atoms. The number of rotatable bonds is 5. The number of hydrogen-bond acceptors (Lipinski definition) is 2. The van der Waals surface area contributed by atoms with E-state index < -0.39 is 6.10 Å². The van der Waals surface area contributed by atoms with E-state index in [1.165, 1.54) is 24.8 Å². The summed E-state index contributed by atoms with van der Waals surface area (Å²) in [5, 5.41) is 11.0. The molecule has 2 atom stereocenters. The highest BCUT2D eigenvalue weighted by molar-refractivity contribution is 9.10. The molecular formula is C20H24BrNO. The molecule has 3 rings (SSSR count). The maximum atomic E-state index is 11.0. The van der Waals surface area contributed by atoms with Gasteiger partial charge in [0.05, 0.1) is 6.10 Å². The second kappa shape index (κ2) is 8.09. The number of aliphatic hydroxyl groups excluding tert-OH is 1. The van der Waals surface area contributed by atoms with Gasteiger partial charge in [-0.2, -0.15) is 0 Å². The summed E-state index contributed by atoms with van der Waals surface area (Å²) in [4.78, 5) is 2.50. The van der Waals surface area contributed by atoms with Gasteiger partial charge in [0.2, 0.25) is 0 Å². The van der Waals surface area contributed by atoms with E-state index in [0.29, 0.717) is 0 Å². The van der Waals surface area contributed by atoms with Gasteiger partial charge in [0.15, 0.2) is 0 Å². The molecule has 1 aliphatic rings. The molecule has 0 saturated carbocycles. The van der Waals surface area contributed by atoms with Crippen LogP contribution in [0.15, 0.2) is 59.1 Å². The van der Waals surface area contributed by atoms with Crippen LogP contribution in [0.1, 0.15) is 42.4 Å². The second-order valence-electron chi connectivity index (χ2n) is 6.37. The average Bonchev–Trinajstić information content (AvgIpc) is 2.61. The largest absolute Gasteiger partial charge is 0.388 e. The highest BCUT2D eigenvalue weighted by atomic mass is 79.9. The van der Waals surface area contributed by atoms with Crippen molar-refractivity contribution in [3.8, 4) is 0 Å². The quantitative estimate of drug-likeness (QED) is 0.816. The molecular weight excluding hydrogens is 350 g/mol. The smallest absolute Gasteiger partial charge is 0.0870 e. The maximum Gasteiger partial charge on any atom is 0.0870 e. The van der Waals surface area contributed by atoms with Crippen molar-refractivity contribution in [3.63, 3.8) is 0 Å². The van der Waals surface area contributed by atoms with Gasteiger partial charge in [0.25, 0.3) is 0 Å². The van der Waals surface area contributed by atoms with Crippen molar-refractivity contribution in [1.29, 1.82) is 0 Å². The standard InChI is InChI=1S/C20H24BrNO/c21-18-11-9-17(10-12-18)20(23)19(16-7-3-1-4-8-16)15-22-13-5-2-6-14-22/h1,3-4,7-12,19-20,23H,2,5-6,13-15H2. The van der Waals surface area contributed by atoms with Gasteiger partial charge in [-0.25, -0.2) is 0 Å².